The van der Waals surface area contributed by atoms with Crippen LogP contribution in [0.2, 0.25) is 0 Å². The van der Waals surface area contributed by atoms with Gasteiger partial charge in [-0.15, -0.1) is 0 Å². The molecule has 2 aliphatic rings. The number of nitrogens with zero attached hydrogens (tertiary/aromatic N) is 4. The van der Waals surface area contributed by atoms with E-state index in [0.717, 1.165) is 50.3 Å². The van der Waals surface area contributed by atoms with Crippen molar-refractivity contribution in [3.63, 3.8) is 0 Å². The van der Waals surface area contributed by atoms with Crippen LogP contribution in [0.15, 0.2) is 12.4 Å². The molecule has 0 aromatic carbocycles. The maximum atomic E-state index is 12.4. The number of carboxylic acid groups (broad SMARTS) is 1. The minimum Gasteiger partial charge on any atom is -0.481 e. The van der Waals surface area contributed by atoms with Crippen molar-refractivity contribution in [2.45, 2.75) is 45.6 Å². The van der Waals surface area contributed by atoms with Crippen LogP contribution in [0.3, 0.4) is 0 Å². The van der Waals surface area contributed by atoms with Crippen LogP contribution in [0.4, 0.5) is 0 Å². The molecule has 0 saturated carbocycles. The Morgan fingerprint density at radius 1 is 1.28 bits per heavy atom. The molecule has 3 heterocycles. The Balaban J connectivity index is 1.65. The van der Waals surface area contributed by atoms with Crippen molar-refractivity contribution in [2.24, 2.45) is 5.41 Å². The topological polar surface area (TPSA) is 86.6 Å². The van der Waals surface area contributed by atoms with Crippen LogP contribution in [0.5, 0.6) is 0 Å². The molecule has 1 aromatic heterocycles. The Bertz CT molecular complexity index is 634. The van der Waals surface area contributed by atoms with E-state index in [4.69, 9.17) is 5.11 Å². The molecule has 7 heteroatoms. The lowest BCUT2D eigenvalue weighted by Gasteiger charge is -2.48. The van der Waals surface area contributed by atoms with Crippen LogP contribution in [0.25, 0.3) is 0 Å². The molecular formula is C18H26N4O3. The van der Waals surface area contributed by atoms with Crippen molar-refractivity contribution in [3.8, 4) is 0 Å². The molecule has 1 amide bonds. The highest BCUT2D eigenvalue weighted by Crippen LogP contribution is 2.39. The monoisotopic (exact) mass is 346 g/mol. The third kappa shape index (κ3) is 4.54. The second-order valence-corrected chi connectivity index (χ2v) is 7.42. The van der Waals surface area contributed by atoms with Crippen molar-refractivity contribution in [3.05, 3.63) is 23.8 Å². The zero-order valence-electron chi connectivity index (χ0n) is 14.8. The highest BCUT2D eigenvalue weighted by molar-refractivity contribution is 5.77. The second kappa shape index (κ2) is 7.47. The fourth-order valence-electron chi connectivity index (χ4n) is 4.03. The Kier molecular flexibility index (Phi) is 5.32. The van der Waals surface area contributed by atoms with Crippen LogP contribution in [-0.2, 0) is 16.1 Å². The summed E-state index contributed by atoms with van der Waals surface area (Å²) in [7, 11) is 0. The van der Waals surface area contributed by atoms with Gasteiger partial charge in [0.05, 0.1) is 30.6 Å². The SMILES string of the molecule is Cc1cnc(CN2CC3(CCCN(CCC(=O)O)C3)CCC2=O)cn1. The fourth-order valence-corrected chi connectivity index (χ4v) is 4.03. The average Bonchev–Trinajstić information content (AvgIpc) is 2.59. The Hall–Kier alpha value is -2.02. The maximum Gasteiger partial charge on any atom is 0.304 e. The van der Waals surface area contributed by atoms with Gasteiger partial charge in [-0.05, 0) is 32.7 Å². The molecule has 1 unspecified atom stereocenters. The molecule has 3 rings (SSSR count). The van der Waals surface area contributed by atoms with Crippen molar-refractivity contribution in [2.75, 3.05) is 26.2 Å². The van der Waals surface area contributed by atoms with E-state index in [1.54, 1.807) is 12.4 Å². The van der Waals surface area contributed by atoms with Crippen molar-refractivity contribution >= 4 is 11.9 Å². The molecule has 2 aliphatic heterocycles. The molecule has 25 heavy (non-hydrogen) atoms. The normalized spacial score (nSPS) is 24.7. The number of aliphatic carboxylic acids is 1. The lowest BCUT2D eigenvalue weighted by Crippen LogP contribution is -2.54. The summed E-state index contributed by atoms with van der Waals surface area (Å²) in [6.07, 6.45) is 7.26. The Labute approximate surface area is 148 Å². The zero-order chi connectivity index (χ0) is 17.9. The van der Waals surface area contributed by atoms with Gasteiger partial charge < -0.3 is 14.9 Å². The van der Waals surface area contributed by atoms with Gasteiger partial charge in [0.25, 0.3) is 0 Å². The van der Waals surface area contributed by atoms with Crippen LogP contribution in [0, 0.1) is 12.3 Å². The predicted molar refractivity (Wildman–Crippen MR) is 91.8 cm³/mol. The molecule has 1 atom stereocenters. The van der Waals surface area contributed by atoms with Crippen LogP contribution in [0.1, 0.15) is 43.5 Å². The molecule has 7 nitrogen and oxygen atoms in total. The lowest BCUT2D eigenvalue weighted by atomic mass is 9.73. The quantitative estimate of drug-likeness (QED) is 0.869. The number of carboxylic acids is 1. The standard InChI is InChI=1S/C18H26N4O3/c1-14-9-20-15(10-19-14)11-22-13-18(6-3-16(22)23)5-2-7-21(12-18)8-4-17(24)25/h9-10H,2-8,11-13H2,1H3,(H,24,25). The first-order valence-electron chi connectivity index (χ1n) is 8.95. The predicted octanol–water partition coefficient (Wildman–Crippen LogP) is 1.46. The molecule has 0 bridgehead atoms. The molecule has 1 aromatic rings. The zero-order valence-corrected chi connectivity index (χ0v) is 14.8. The number of hydrogen-bond acceptors (Lipinski definition) is 5. The second-order valence-electron chi connectivity index (χ2n) is 7.42. The molecule has 136 valence electrons. The van der Waals surface area contributed by atoms with Gasteiger partial charge in [0.2, 0.25) is 5.91 Å². The molecule has 2 fully saturated rings. The van der Waals surface area contributed by atoms with Gasteiger partial charge >= 0.3 is 5.97 Å². The number of carbonyl (C=O) groups is 2. The van der Waals surface area contributed by atoms with E-state index < -0.39 is 5.97 Å². The van der Waals surface area contributed by atoms with E-state index in [1.165, 1.54) is 0 Å². The lowest BCUT2D eigenvalue weighted by molar-refractivity contribution is -0.140. The summed E-state index contributed by atoms with van der Waals surface area (Å²) in [5, 5.41) is 8.91. The molecule has 1 spiro atoms. The summed E-state index contributed by atoms with van der Waals surface area (Å²) >= 11 is 0. The molecular weight excluding hydrogens is 320 g/mol. The van der Waals surface area contributed by atoms with E-state index in [2.05, 4.69) is 14.9 Å². The van der Waals surface area contributed by atoms with Crippen molar-refractivity contribution in [1.82, 2.24) is 19.8 Å². The molecule has 0 aliphatic carbocycles. The number of hydrogen-bond donors (Lipinski definition) is 1. The number of likely N-dealkylation sites (tertiary alicyclic amines) is 2. The maximum absolute atomic E-state index is 12.4. The number of piperidine rings is 2. The number of aryl methyl sites for hydroxylation is 1. The van der Waals surface area contributed by atoms with E-state index in [-0.39, 0.29) is 17.7 Å². The highest BCUT2D eigenvalue weighted by atomic mass is 16.4. The van der Waals surface area contributed by atoms with Gasteiger partial charge in [-0.25, -0.2) is 0 Å². The van der Waals surface area contributed by atoms with Crippen LogP contribution >= 0.6 is 0 Å². The van der Waals surface area contributed by atoms with Gasteiger partial charge in [0, 0.05) is 37.7 Å². The largest absolute Gasteiger partial charge is 0.481 e. The van der Waals surface area contributed by atoms with E-state index in [1.807, 2.05) is 11.8 Å². The smallest absolute Gasteiger partial charge is 0.304 e. The Morgan fingerprint density at radius 2 is 2.12 bits per heavy atom. The summed E-state index contributed by atoms with van der Waals surface area (Å²) in [6.45, 7) is 5.55. The number of carbonyl (C=O) groups excluding carboxylic acids is 1. The minimum absolute atomic E-state index is 0.0861. The number of amides is 1. The van der Waals surface area contributed by atoms with E-state index in [9.17, 15) is 9.59 Å². The van der Waals surface area contributed by atoms with Crippen LogP contribution in [-0.4, -0.2) is 62.9 Å². The third-order valence-corrected chi connectivity index (χ3v) is 5.32. The molecule has 0 radical (unpaired) electrons. The van der Waals surface area contributed by atoms with E-state index in [0.29, 0.717) is 19.5 Å². The third-order valence-electron chi connectivity index (χ3n) is 5.32. The first-order valence-corrected chi connectivity index (χ1v) is 8.95. The number of aromatic nitrogens is 2. The van der Waals surface area contributed by atoms with Crippen LogP contribution < -0.4 is 0 Å². The first-order chi connectivity index (χ1) is 12.0. The summed E-state index contributed by atoms with van der Waals surface area (Å²) in [5.74, 6) is -0.575. The van der Waals surface area contributed by atoms with Gasteiger partial charge in [-0.2, -0.15) is 0 Å². The van der Waals surface area contributed by atoms with Crippen molar-refractivity contribution < 1.29 is 14.7 Å². The minimum atomic E-state index is -0.752. The molecule has 2 saturated heterocycles. The van der Waals surface area contributed by atoms with Crippen molar-refractivity contribution in [1.29, 1.82) is 0 Å². The number of rotatable bonds is 5. The van der Waals surface area contributed by atoms with Gasteiger partial charge in [-0.3, -0.25) is 19.6 Å². The van der Waals surface area contributed by atoms with Gasteiger partial charge in [0.15, 0.2) is 0 Å². The highest BCUT2D eigenvalue weighted by Gasteiger charge is 2.41. The Morgan fingerprint density at radius 3 is 2.84 bits per heavy atom. The van der Waals surface area contributed by atoms with Gasteiger partial charge in [-0.1, -0.05) is 0 Å². The van der Waals surface area contributed by atoms with E-state index >= 15 is 0 Å². The first kappa shape index (κ1) is 17.8. The summed E-state index contributed by atoms with van der Waals surface area (Å²) in [4.78, 5) is 36.0. The fraction of sp³-hybridized carbons (Fsp3) is 0.667. The average molecular weight is 346 g/mol. The summed E-state index contributed by atoms with van der Waals surface area (Å²) < 4.78 is 0. The van der Waals surface area contributed by atoms with Gasteiger partial charge in [0.1, 0.15) is 0 Å². The summed E-state index contributed by atoms with van der Waals surface area (Å²) in [5.41, 5.74) is 1.77. The summed E-state index contributed by atoms with van der Waals surface area (Å²) in [6, 6.07) is 0. The molecule has 1 N–H and O–H groups in total.